The van der Waals surface area contributed by atoms with Crippen LogP contribution in [0.1, 0.15) is 34.1 Å². The highest BCUT2D eigenvalue weighted by Crippen LogP contribution is 2.49. The first-order valence-electron chi connectivity index (χ1n) is 10.6. The molecule has 0 aromatic heterocycles. The fraction of sp³-hybridized carbons (Fsp3) is 0.348. The van der Waals surface area contributed by atoms with E-state index in [1.807, 2.05) is 12.1 Å². The number of carbonyl (C=O) groups is 3. The lowest BCUT2D eigenvalue weighted by molar-refractivity contribution is -0.162. The molecule has 11 heteroatoms. The summed E-state index contributed by atoms with van der Waals surface area (Å²) >= 11 is 2.10. The number of rotatable bonds is 14. The Kier molecular flexibility index (Phi) is 12.6. The maximum atomic E-state index is 13.2. The first kappa shape index (κ1) is 28.3. The highest BCUT2D eigenvalue weighted by Gasteiger charge is 2.25. The van der Waals surface area contributed by atoms with E-state index in [0.29, 0.717) is 16.2 Å². The Morgan fingerprint density at radius 1 is 0.853 bits per heavy atom. The molecule has 0 spiro atoms. The molecule has 34 heavy (non-hydrogen) atoms. The van der Waals surface area contributed by atoms with Crippen molar-refractivity contribution in [2.45, 2.75) is 13.3 Å². The molecule has 0 heterocycles. The summed E-state index contributed by atoms with van der Waals surface area (Å²) in [5.41, 5.74) is 1.14. The standard InChI is InChI=1S/C23H28NO7PS2/c1-19(25)24(28)13-8-16-32(29,30-14-17-33-22(26)20-9-4-2-5-10-20)31-15-18-34-23(27)21-11-6-3-7-12-21/h2-7,9-12,28H,8,13-18H2,1H3. The molecule has 0 fully saturated rings. The van der Waals surface area contributed by atoms with Gasteiger partial charge in [-0.15, -0.1) is 0 Å². The van der Waals surface area contributed by atoms with Gasteiger partial charge in [0.1, 0.15) is 0 Å². The highest BCUT2D eigenvalue weighted by atomic mass is 32.2. The maximum Gasteiger partial charge on any atom is 0.330 e. The lowest BCUT2D eigenvalue weighted by atomic mass is 10.2. The van der Waals surface area contributed by atoms with Gasteiger partial charge in [-0.05, 0) is 6.42 Å². The molecule has 0 saturated carbocycles. The third-order valence-electron chi connectivity index (χ3n) is 4.39. The van der Waals surface area contributed by atoms with Gasteiger partial charge in [-0.3, -0.25) is 24.2 Å². The van der Waals surface area contributed by atoms with Crippen molar-refractivity contribution in [1.82, 2.24) is 5.06 Å². The van der Waals surface area contributed by atoms with Crippen LogP contribution in [-0.2, 0) is 18.4 Å². The summed E-state index contributed by atoms with van der Waals surface area (Å²) < 4.78 is 24.2. The SMILES string of the molecule is CC(=O)N(O)CCCP(=O)(OCCSC(=O)c1ccccc1)OCCSC(=O)c1ccccc1. The van der Waals surface area contributed by atoms with Crippen LogP contribution in [0.15, 0.2) is 60.7 Å². The van der Waals surface area contributed by atoms with Gasteiger partial charge in [-0.2, -0.15) is 0 Å². The average Bonchev–Trinajstić information content (AvgIpc) is 2.85. The number of thioether (sulfide) groups is 2. The summed E-state index contributed by atoms with van der Waals surface area (Å²) in [4.78, 5) is 35.5. The zero-order valence-electron chi connectivity index (χ0n) is 18.8. The zero-order chi connectivity index (χ0) is 24.8. The van der Waals surface area contributed by atoms with Crippen molar-refractivity contribution >= 4 is 47.3 Å². The van der Waals surface area contributed by atoms with E-state index in [0.717, 1.165) is 23.5 Å². The monoisotopic (exact) mass is 525 g/mol. The van der Waals surface area contributed by atoms with Crippen molar-refractivity contribution in [3.8, 4) is 0 Å². The Labute approximate surface area is 207 Å². The smallest absolute Gasteiger partial charge is 0.308 e. The van der Waals surface area contributed by atoms with Gasteiger partial charge in [0.2, 0.25) is 16.1 Å². The van der Waals surface area contributed by atoms with Crippen molar-refractivity contribution in [2.75, 3.05) is 37.4 Å². The van der Waals surface area contributed by atoms with Crippen LogP contribution in [0.5, 0.6) is 0 Å². The molecule has 0 bridgehead atoms. The second-order valence-electron chi connectivity index (χ2n) is 7.00. The molecule has 0 aliphatic rings. The molecule has 0 atom stereocenters. The van der Waals surface area contributed by atoms with Crippen LogP contribution < -0.4 is 0 Å². The number of hydrogen-bond acceptors (Lipinski definition) is 9. The van der Waals surface area contributed by atoms with Crippen LogP contribution in [0.3, 0.4) is 0 Å². The minimum Gasteiger partial charge on any atom is -0.308 e. The summed E-state index contributed by atoms with van der Waals surface area (Å²) in [5, 5.41) is 9.82. The minimum absolute atomic E-state index is 0.0193. The van der Waals surface area contributed by atoms with Crippen LogP contribution in [0.2, 0.25) is 0 Å². The lowest BCUT2D eigenvalue weighted by Crippen LogP contribution is -2.26. The van der Waals surface area contributed by atoms with Crippen LogP contribution in [0.4, 0.5) is 0 Å². The number of benzene rings is 2. The highest BCUT2D eigenvalue weighted by molar-refractivity contribution is 8.14. The topological polar surface area (TPSA) is 110 Å². The Morgan fingerprint density at radius 3 is 1.71 bits per heavy atom. The predicted octanol–water partition coefficient (Wildman–Crippen LogP) is 4.99. The van der Waals surface area contributed by atoms with Gasteiger partial charge in [0, 0.05) is 36.1 Å². The van der Waals surface area contributed by atoms with E-state index in [2.05, 4.69) is 0 Å². The van der Waals surface area contributed by atoms with Gasteiger partial charge in [-0.1, -0.05) is 84.2 Å². The van der Waals surface area contributed by atoms with E-state index in [-0.39, 0.29) is 54.1 Å². The molecule has 0 aliphatic carbocycles. The molecular formula is C23H28NO7PS2. The van der Waals surface area contributed by atoms with E-state index >= 15 is 0 Å². The Bertz CT molecular complexity index is 912. The zero-order valence-corrected chi connectivity index (χ0v) is 21.4. The summed E-state index contributed by atoms with van der Waals surface area (Å²) in [7, 11) is -3.57. The fourth-order valence-corrected chi connectivity index (χ4v) is 5.83. The normalized spacial score (nSPS) is 11.2. The molecule has 1 N–H and O–H groups in total. The van der Waals surface area contributed by atoms with Crippen LogP contribution >= 0.6 is 31.1 Å². The summed E-state index contributed by atoms with van der Waals surface area (Å²) in [5.74, 6) is 0.0346. The van der Waals surface area contributed by atoms with Gasteiger partial charge in [0.25, 0.3) is 0 Å². The van der Waals surface area contributed by atoms with E-state index in [4.69, 9.17) is 9.05 Å². The molecule has 0 aliphatic heterocycles. The number of hydroxylamine groups is 2. The van der Waals surface area contributed by atoms with Crippen molar-refractivity contribution < 1.29 is 33.2 Å². The van der Waals surface area contributed by atoms with E-state index in [1.165, 1.54) is 6.92 Å². The van der Waals surface area contributed by atoms with Crippen molar-refractivity contribution in [2.24, 2.45) is 0 Å². The molecule has 0 radical (unpaired) electrons. The lowest BCUT2D eigenvalue weighted by Gasteiger charge is -2.19. The molecule has 2 aromatic carbocycles. The number of hydrogen-bond donors (Lipinski definition) is 1. The molecule has 184 valence electrons. The Balaban J connectivity index is 1.82. The first-order valence-corrected chi connectivity index (χ1v) is 14.3. The van der Waals surface area contributed by atoms with Crippen molar-refractivity contribution in [1.29, 1.82) is 0 Å². The number of amides is 1. The molecule has 2 rings (SSSR count). The second-order valence-corrected chi connectivity index (χ2v) is 11.3. The van der Waals surface area contributed by atoms with Gasteiger partial charge in [0.05, 0.1) is 19.4 Å². The van der Waals surface area contributed by atoms with E-state index in [9.17, 15) is 24.2 Å². The number of carbonyl (C=O) groups excluding carboxylic acids is 3. The van der Waals surface area contributed by atoms with Crippen molar-refractivity contribution in [3.63, 3.8) is 0 Å². The van der Waals surface area contributed by atoms with Gasteiger partial charge in [-0.25, -0.2) is 5.06 Å². The molecule has 0 saturated heterocycles. The Hall–Kier alpha value is -1.94. The van der Waals surface area contributed by atoms with Gasteiger partial charge < -0.3 is 9.05 Å². The summed E-state index contributed by atoms with van der Waals surface area (Å²) in [6.07, 6.45) is 0.172. The van der Waals surface area contributed by atoms with Crippen LogP contribution in [-0.4, -0.2) is 63.8 Å². The van der Waals surface area contributed by atoms with Crippen LogP contribution in [0.25, 0.3) is 0 Å². The molecule has 8 nitrogen and oxygen atoms in total. The summed E-state index contributed by atoms with van der Waals surface area (Å²) in [6, 6.07) is 17.6. The quantitative estimate of drug-likeness (QED) is 0.158. The fourth-order valence-electron chi connectivity index (χ4n) is 2.67. The van der Waals surface area contributed by atoms with Gasteiger partial charge >= 0.3 is 7.60 Å². The van der Waals surface area contributed by atoms with E-state index in [1.54, 1.807) is 48.5 Å². The minimum atomic E-state index is -3.57. The predicted molar refractivity (Wildman–Crippen MR) is 135 cm³/mol. The second kappa shape index (κ2) is 15.1. The van der Waals surface area contributed by atoms with Gasteiger partial charge in [0.15, 0.2) is 0 Å². The summed E-state index contributed by atoms with van der Waals surface area (Å²) in [6.45, 7) is 1.24. The third-order valence-corrected chi connectivity index (χ3v) is 8.15. The molecule has 0 unspecified atom stereocenters. The third kappa shape index (κ3) is 10.5. The maximum absolute atomic E-state index is 13.2. The molecule has 1 amide bonds. The Morgan fingerprint density at radius 2 is 1.29 bits per heavy atom. The van der Waals surface area contributed by atoms with Crippen molar-refractivity contribution in [3.05, 3.63) is 71.8 Å². The molecule has 2 aromatic rings. The number of nitrogens with zero attached hydrogens (tertiary/aromatic N) is 1. The largest absolute Gasteiger partial charge is 0.330 e. The average molecular weight is 526 g/mol. The van der Waals surface area contributed by atoms with E-state index < -0.39 is 13.5 Å². The molecular weight excluding hydrogens is 497 g/mol. The first-order chi connectivity index (χ1) is 16.3. The van der Waals surface area contributed by atoms with Crippen LogP contribution in [0, 0.1) is 0 Å².